The summed E-state index contributed by atoms with van der Waals surface area (Å²) < 4.78 is 6.03. The van der Waals surface area contributed by atoms with Crippen molar-refractivity contribution in [3.8, 4) is 5.75 Å². The second kappa shape index (κ2) is 7.85. The number of aliphatic imine (C=N–C) groups is 1. The molecule has 0 spiro atoms. The van der Waals surface area contributed by atoms with Crippen LogP contribution in [-0.4, -0.2) is 24.7 Å². The molecule has 0 unspecified atom stereocenters. The van der Waals surface area contributed by atoms with Crippen molar-refractivity contribution >= 4 is 20.4 Å². The molecule has 0 N–H and O–H groups in total. The Hall–Kier alpha value is -2.79. The van der Waals surface area contributed by atoms with Crippen LogP contribution < -0.4 is 4.43 Å². The average molecular weight is 346 g/mol. The van der Waals surface area contributed by atoms with E-state index in [4.69, 9.17) is 9.42 Å². The molecule has 1 aromatic heterocycles. The zero-order chi connectivity index (χ0) is 17.6. The Bertz CT molecular complexity index is 823. The van der Waals surface area contributed by atoms with Crippen LogP contribution in [-0.2, 0) is 0 Å². The highest BCUT2D eigenvalue weighted by Gasteiger charge is 2.13. The van der Waals surface area contributed by atoms with Crippen LogP contribution in [0.5, 0.6) is 5.75 Å². The summed E-state index contributed by atoms with van der Waals surface area (Å²) in [7, 11) is -0.885. The molecule has 3 rings (SSSR count). The molecule has 0 fully saturated rings. The molecule has 0 saturated heterocycles. The molecule has 1 heterocycles. The van der Waals surface area contributed by atoms with E-state index >= 15 is 0 Å². The van der Waals surface area contributed by atoms with Crippen LogP contribution in [0.4, 0.5) is 5.69 Å². The van der Waals surface area contributed by atoms with Gasteiger partial charge in [-0.3, -0.25) is 0 Å². The van der Waals surface area contributed by atoms with Crippen molar-refractivity contribution in [2.75, 3.05) is 0 Å². The maximum absolute atomic E-state index is 6.03. The molecule has 0 atom stereocenters. The molecule has 5 heteroatoms. The Kier molecular flexibility index (Phi) is 5.35. The third-order valence-electron chi connectivity index (χ3n) is 3.49. The first-order valence-corrected chi connectivity index (χ1v) is 10.5. The smallest absolute Gasteiger partial charge is 0.274 e. The summed E-state index contributed by atoms with van der Waals surface area (Å²) in [5, 5.41) is 0. The van der Waals surface area contributed by atoms with Crippen molar-refractivity contribution in [1.82, 2.24) is 9.97 Å². The Morgan fingerprint density at radius 3 is 2.36 bits per heavy atom. The van der Waals surface area contributed by atoms with Gasteiger partial charge < -0.3 is 4.43 Å². The van der Waals surface area contributed by atoms with Gasteiger partial charge in [0.2, 0.25) is 0 Å². The van der Waals surface area contributed by atoms with Gasteiger partial charge in [0.05, 0.1) is 0 Å². The minimum Gasteiger partial charge on any atom is -0.541 e. The summed E-state index contributed by atoms with van der Waals surface area (Å²) >= 11 is 0. The summed E-state index contributed by atoms with van der Waals surface area (Å²) in [6, 6.07) is 17.8. The van der Waals surface area contributed by atoms with Crippen LogP contribution >= 0.6 is 0 Å². The van der Waals surface area contributed by atoms with Gasteiger partial charge >= 0.3 is 0 Å². The van der Waals surface area contributed by atoms with Crippen LogP contribution in [0.1, 0.15) is 17.0 Å². The van der Waals surface area contributed by atoms with Crippen molar-refractivity contribution in [2.45, 2.75) is 20.0 Å². The Morgan fingerprint density at radius 1 is 0.960 bits per heavy atom. The first kappa shape index (κ1) is 17.0. The van der Waals surface area contributed by atoms with Gasteiger partial charge in [0, 0.05) is 18.0 Å². The zero-order valence-electron chi connectivity index (χ0n) is 14.6. The van der Waals surface area contributed by atoms with Crippen molar-refractivity contribution in [2.24, 2.45) is 4.99 Å². The highest BCUT2D eigenvalue weighted by molar-refractivity contribution is 6.49. The lowest BCUT2D eigenvalue weighted by molar-refractivity contribution is 0.582. The van der Waals surface area contributed by atoms with Gasteiger partial charge in [-0.2, -0.15) is 0 Å². The number of nitrogens with zero attached hydrogens (tertiary/aromatic N) is 3. The summed E-state index contributed by atoms with van der Waals surface area (Å²) in [6.45, 7) is 6.26. The van der Waals surface area contributed by atoms with Crippen molar-refractivity contribution in [3.63, 3.8) is 0 Å². The van der Waals surface area contributed by atoms with Gasteiger partial charge in [-0.05, 0) is 43.8 Å². The Balaban J connectivity index is 2.15. The molecule has 25 heavy (non-hydrogen) atoms. The highest BCUT2D eigenvalue weighted by atomic mass is 28.3. The van der Waals surface area contributed by atoms with Crippen LogP contribution in [0.15, 0.2) is 72.0 Å². The summed E-state index contributed by atoms with van der Waals surface area (Å²) in [5.41, 5.74) is 3.64. The molecular weight excluding hydrogens is 326 g/mol. The molecule has 0 aliphatic rings. The number of aryl methyl sites for hydroxylation is 1. The normalized spacial score (nSPS) is 11.6. The largest absolute Gasteiger partial charge is 0.541 e. The molecule has 4 nitrogen and oxygen atoms in total. The first-order valence-electron chi connectivity index (χ1n) is 8.13. The van der Waals surface area contributed by atoms with Crippen molar-refractivity contribution < 1.29 is 4.43 Å². The maximum Gasteiger partial charge on any atom is 0.274 e. The van der Waals surface area contributed by atoms with Crippen LogP contribution in [0.2, 0.25) is 13.1 Å². The third kappa shape index (κ3) is 4.39. The van der Waals surface area contributed by atoms with Gasteiger partial charge in [0.1, 0.15) is 17.1 Å². The fourth-order valence-electron chi connectivity index (χ4n) is 2.40. The highest BCUT2D eigenvalue weighted by Crippen LogP contribution is 2.30. The zero-order valence-corrected chi connectivity index (χ0v) is 15.6. The number of benzene rings is 2. The van der Waals surface area contributed by atoms with Crippen molar-refractivity contribution in [3.05, 3.63) is 83.9 Å². The minimum atomic E-state index is -0.885. The number of aromatic nitrogens is 2. The molecule has 0 saturated carbocycles. The minimum absolute atomic E-state index is 0.597. The summed E-state index contributed by atoms with van der Waals surface area (Å²) in [6.07, 6.45) is 3.46. The van der Waals surface area contributed by atoms with Gasteiger partial charge in [0.25, 0.3) is 9.04 Å². The summed E-state index contributed by atoms with van der Waals surface area (Å²) in [5.74, 6) is 1.40. The van der Waals surface area contributed by atoms with E-state index in [-0.39, 0.29) is 0 Å². The molecule has 1 radical (unpaired) electrons. The van der Waals surface area contributed by atoms with E-state index in [1.165, 1.54) is 0 Å². The van der Waals surface area contributed by atoms with E-state index in [1.807, 2.05) is 55.5 Å². The quantitative estimate of drug-likeness (QED) is 0.502. The van der Waals surface area contributed by atoms with Crippen LogP contribution in [0.3, 0.4) is 0 Å². The van der Waals surface area contributed by atoms with E-state index in [0.29, 0.717) is 5.82 Å². The standard InChI is InChI=1S/C20H20N3OSi/c1-15-10-11-18(24-25(2)3)17(14-15)23-19(16-8-5-4-6-9-16)20-21-12-7-13-22-20/h4-14H,1-3H3. The maximum atomic E-state index is 6.03. The number of rotatable bonds is 5. The van der Waals surface area contributed by atoms with E-state index in [2.05, 4.69) is 23.1 Å². The molecular formula is C20H20N3OSi. The lowest BCUT2D eigenvalue weighted by Gasteiger charge is -2.13. The summed E-state index contributed by atoms with van der Waals surface area (Å²) in [4.78, 5) is 13.7. The van der Waals surface area contributed by atoms with Gasteiger partial charge in [-0.1, -0.05) is 36.4 Å². The predicted octanol–water partition coefficient (Wildman–Crippen LogP) is 4.58. The molecule has 0 amide bonds. The van der Waals surface area contributed by atoms with Crippen LogP contribution in [0.25, 0.3) is 0 Å². The fourth-order valence-corrected chi connectivity index (χ4v) is 3.01. The predicted molar refractivity (Wildman–Crippen MR) is 103 cm³/mol. The molecule has 125 valence electrons. The molecule has 0 aliphatic heterocycles. The van der Waals surface area contributed by atoms with E-state index < -0.39 is 9.04 Å². The van der Waals surface area contributed by atoms with Gasteiger partial charge in [-0.25, -0.2) is 15.0 Å². The Morgan fingerprint density at radius 2 is 1.68 bits per heavy atom. The second-order valence-corrected chi connectivity index (χ2v) is 7.90. The molecule has 2 aromatic carbocycles. The lowest BCUT2D eigenvalue weighted by Crippen LogP contribution is -2.12. The van der Waals surface area contributed by atoms with E-state index in [9.17, 15) is 0 Å². The lowest BCUT2D eigenvalue weighted by atomic mass is 10.1. The third-order valence-corrected chi connectivity index (χ3v) is 4.11. The van der Waals surface area contributed by atoms with Crippen molar-refractivity contribution in [1.29, 1.82) is 0 Å². The van der Waals surface area contributed by atoms with Crippen LogP contribution in [0, 0.1) is 6.92 Å². The van der Waals surface area contributed by atoms with E-state index in [1.54, 1.807) is 18.5 Å². The van der Waals surface area contributed by atoms with Gasteiger partial charge in [0.15, 0.2) is 5.82 Å². The average Bonchev–Trinajstić information content (AvgIpc) is 2.63. The second-order valence-electron chi connectivity index (χ2n) is 5.88. The molecule has 0 bridgehead atoms. The number of hydrogen-bond donors (Lipinski definition) is 0. The van der Waals surface area contributed by atoms with Gasteiger partial charge in [-0.15, -0.1) is 0 Å². The Labute approximate surface area is 150 Å². The van der Waals surface area contributed by atoms with E-state index in [0.717, 1.165) is 28.3 Å². The monoisotopic (exact) mass is 346 g/mol. The number of hydrogen-bond acceptors (Lipinski definition) is 4. The molecule has 3 aromatic rings. The topological polar surface area (TPSA) is 47.4 Å². The molecule has 0 aliphatic carbocycles. The first-order chi connectivity index (χ1) is 12.1. The SMILES string of the molecule is Cc1ccc(O[Si](C)C)c(N=C(c2ccccc2)c2ncccn2)c1. The fraction of sp³-hybridized carbons (Fsp3) is 0.150.